The summed E-state index contributed by atoms with van der Waals surface area (Å²) >= 11 is 0. The molecule has 0 spiro atoms. The fraction of sp³-hybridized carbons (Fsp3) is 0.111. The van der Waals surface area contributed by atoms with Gasteiger partial charge in [-0.2, -0.15) is 0 Å². The average Bonchev–Trinajstić information content (AvgIpc) is 2.50. The summed E-state index contributed by atoms with van der Waals surface area (Å²) in [4.78, 5) is 4.77. The van der Waals surface area contributed by atoms with Gasteiger partial charge in [0.05, 0.1) is 12.7 Å². The fourth-order valence-corrected chi connectivity index (χ4v) is 1.24. The molecule has 0 unspecified atom stereocenters. The summed E-state index contributed by atoms with van der Waals surface area (Å²) in [6.45, 7) is 0.171. The van der Waals surface area contributed by atoms with Crippen molar-refractivity contribution >= 4 is 0 Å². The first-order valence-corrected chi connectivity index (χ1v) is 4.31. The fourth-order valence-electron chi connectivity index (χ4n) is 1.24. The van der Waals surface area contributed by atoms with Gasteiger partial charge in [0, 0.05) is 5.56 Å². The van der Waals surface area contributed by atoms with Crippen LogP contribution in [-0.2, 0) is 11.5 Å². The average molecular weight is 211 g/mol. The van der Waals surface area contributed by atoms with Crippen molar-refractivity contribution < 1.29 is 14.5 Å². The molecule has 0 saturated carbocycles. The van der Waals surface area contributed by atoms with Crippen molar-refractivity contribution in [2.24, 2.45) is 5.73 Å². The minimum atomic E-state index is -0.329. The lowest BCUT2D eigenvalue weighted by Gasteiger charge is -2.15. The summed E-state index contributed by atoms with van der Waals surface area (Å²) in [6, 6.07) is 6.31. The number of rotatable bonds is 2. The van der Waals surface area contributed by atoms with E-state index in [0.29, 0.717) is 10.8 Å². The van der Waals surface area contributed by atoms with E-state index in [4.69, 9.17) is 15.9 Å². The lowest BCUT2D eigenvalue weighted by atomic mass is 10.2. The van der Waals surface area contributed by atoms with E-state index in [0.717, 1.165) is 0 Å². The number of nitrogens with zero attached hydrogens (tertiary/aromatic N) is 2. The lowest BCUT2D eigenvalue weighted by molar-refractivity contribution is -0.389. The maximum atomic E-state index is 13.2. The van der Waals surface area contributed by atoms with Crippen LogP contribution in [0.5, 0.6) is 0 Å². The van der Waals surface area contributed by atoms with Crippen molar-refractivity contribution in [2.45, 2.75) is 6.54 Å². The van der Waals surface area contributed by atoms with Crippen molar-refractivity contribution in [1.29, 1.82) is 0 Å². The third-order valence-electron chi connectivity index (χ3n) is 1.96. The highest BCUT2D eigenvalue weighted by molar-refractivity contribution is 5.17. The van der Waals surface area contributed by atoms with Gasteiger partial charge in [0.1, 0.15) is 5.82 Å². The minimum absolute atomic E-state index is 0.0475. The van der Waals surface area contributed by atoms with Crippen molar-refractivity contribution in [1.82, 2.24) is 10.3 Å². The first-order chi connectivity index (χ1) is 7.16. The van der Waals surface area contributed by atoms with Crippen LogP contribution in [0.4, 0.5) is 4.39 Å². The number of hydrogen-bond acceptors (Lipinski definition) is 5. The number of nitrogens with two attached hydrogens (primary N) is 1. The lowest BCUT2D eigenvalue weighted by Crippen LogP contribution is -2.23. The molecule has 0 atom stereocenters. The monoisotopic (exact) mass is 211 g/mol. The molecule has 80 valence electrons. The number of hydroxylamine groups is 4. The largest absolute Gasteiger partial charge is 0.380 e. The van der Waals surface area contributed by atoms with Crippen molar-refractivity contribution in [3.63, 3.8) is 0 Å². The van der Waals surface area contributed by atoms with Crippen LogP contribution in [0, 0.1) is 5.82 Å². The zero-order valence-corrected chi connectivity index (χ0v) is 7.80. The normalized spacial score (nSPS) is 15.7. The van der Waals surface area contributed by atoms with Crippen molar-refractivity contribution in [3.05, 3.63) is 47.7 Å². The predicted molar refractivity (Wildman–Crippen MR) is 48.9 cm³/mol. The molecule has 0 bridgehead atoms. The Kier molecular flexibility index (Phi) is 2.44. The molecule has 1 aromatic rings. The molecule has 15 heavy (non-hydrogen) atoms. The topological polar surface area (TPSA) is 62.0 Å². The van der Waals surface area contributed by atoms with E-state index >= 15 is 0 Å². The molecule has 1 aliphatic rings. The Balaban J connectivity index is 2.08. The second kappa shape index (κ2) is 3.76. The van der Waals surface area contributed by atoms with E-state index in [1.165, 1.54) is 17.3 Å². The van der Waals surface area contributed by atoms with Crippen LogP contribution in [0.15, 0.2) is 36.3 Å². The first kappa shape index (κ1) is 9.75. The van der Waals surface area contributed by atoms with Gasteiger partial charge in [-0.3, -0.25) is 5.21 Å². The quantitative estimate of drug-likeness (QED) is 0.762. The number of halogens is 1. The maximum Gasteiger partial charge on any atom is 0.176 e. The first-order valence-electron chi connectivity index (χ1n) is 4.31. The second-order valence-electron chi connectivity index (χ2n) is 3.08. The van der Waals surface area contributed by atoms with Crippen LogP contribution in [0.1, 0.15) is 5.56 Å². The molecule has 0 radical (unpaired) electrons. The number of hydrogen-bond donors (Lipinski definition) is 2. The van der Waals surface area contributed by atoms with Gasteiger partial charge in [0.25, 0.3) is 0 Å². The van der Waals surface area contributed by atoms with Gasteiger partial charge in [-0.25, -0.2) is 9.45 Å². The Morgan fingerprint density at radius 1 is 1.40 bits per heavy atom. The van der Waals surface area contributed by atoms with E-state index in [9.17, 15) is 4.39 Å². The second-order valence-corrected chi connectivity index (χ2v) is 3.08. The molecule has 1 aromatic carbocycles. The molecule has 5 nitrogen and oxygen atoms in total. The van der Waals surface area contributed by atoms with Gasteiger partial charge in [-0.15, -0.1) is 4.94 Å². The highest BCUT2D eigenvalue weighted by Gasteiger charge is 2.19. The van der Waals surface area contributed by atoms with Crippen molar-refractivity contribution in [3.8, 4) is 0 Å². The summed E-state index contributed by atoms with van der Waals surface area (Å²) < 4.78 is 13.2. The maximum absolute atomic E-state index is 13.2. The SMILES string of the molecule is NC1=CN(Cc2ccccc2F)ON1O. The molecule has 2 rings (SSSR count). The smallest absolute Gasteiger partial charge is 0.176 e. The van der Waals surface area contributed by atoms with Crippen LogP contribution in [0.2, 0.25) is 0 Å². The summed E-state index contributed by atoms with van der Waals surface area (Å²) in [5, 5.41) is 10.6. The van der Waals surface area contributed by atoms with Crippen LogP contribution >= 0.6 is 0 Å². The van der Waals surface area contributed by atoms with E-state index < -0.39 is 0 Å². The Labute approximate surface area is 85.6 Å². The van der Waals surface area contributed by atoms with Crippen LogP contribution < -0.4 is 5.73 Å². The van der Waals surface area contributed by atoms with Crippen LogP contribution in [0.25, 0.3) is 0 Å². The van der Waals surface area contributed by atoms with E-state index in [-0.39, 0.29) is 18.2 Å². The molecule has 0 amide bonds. The Morgan fingerprint density at radius 2 is 2.13 bits per heavy atom. The molecule has 6 heteroatoms. The van der Waals surface area contributed by atoms with Gasteiger partial charge < -0.3 is 5.73 Å². The van der Waals surface area contributed by atoms with Gasteiger partial charge in [0.2, 0.25) is 0 Å². The van der Waals surface area contributed by atoms with Crippen LogP contribution in [0.3, 0.4) is 0 Å². The molecule has 0 aromatic heterocycles. The summed E-state index contributed by atoms with van der Waals surface area (Å²) in [5.74, 6) is -0.282. The van der Waals surface area contributed by atoms with Gasteiger partial charge in [-0.05, 0) is 6.07 Å². The molecule has 3 N–H and O–H groups in total. The third kappa shape index (κ3) is 2.00. The zero-order chi connectivity index (χ0) is 10.8. The predicted octanol–water partition coefficient (Wildman–Crippen LogP) is 0.937. The summed E-state index contributed by atoms with van der Waals surface area (Å²) in [7, 11) is 0. The highest BCUT2D eigenvalue weighted by atomic mass is 19.1. The molecular weight excluding hydrogens is 201 g/mol. The molecule has 0 saturated heterocycles. The van der Waals surface area contributed by atoms with E-state index in [2.05, 4.69) is 0 Å². The standard InChI is InChI=1S/C9H10FN3O2/c10-8-4-2-1-3-7(8)5-12-6-9(11)13(14)15-12/h1-4,6,14H,5,11H2. The molecular formula is C9H10FN3O2. The van der Waals surface area contributed by atoms with E-state index in [1.807, 2.05) is 0 Å². The number of benzene rings is 1. The Bertz CT molecular complexity index is 397. The zero-order valence-electron chi connectivity index (χ0n) is 7.80. The van der Waals surface area contributed by atoms with E-state index in [1.54, 1.807) is 18.2 Å². The summed E-state index contributed by atoms with van der Waals surface area (Å²) in [6.07, 6.45) is 1.37. The molecule has 0 fully saturated rings. The highest BCUT2D eigenvalue weighted by Crippen LogP contribution is 2.16. The Hall–Kier alpha value is -1.79. The van der Waals surface area contributed by atoms with Gasteiger partial charge in [0.15, 0.2) is 5.82 Å². The minimum Gasteiger partial charge on any atom is -0.380 e. The van der Waals surface area contributed by atoms with Gasteiger partial charge >= 0.3 is 0 Å². The van der Waals surface area contributed by atoms with Crippen molar-refractivity contribution in [2.75, 3.05) is 0 Å². The van der Waals surface area contributed by atoms with Crippen LogP contribution in [-0.4, -0.2) is 15.5 Å². The molecule has 1 aliphatic heterocycles. The Morgan fingerprint density at radius 3 is 2.73 bits per heavy atom. The van der Waals surface area contributed by atoms with Gasteiger partial charge in [-0.1, -0.05) is 23.4 Å². The third-order valence-corrected chi connectivity index (χ3v) is 1.96. The molecule has 1 heterocycles. The summed E-state index contributed by atoms with van der Waals surface area (Å²) in [5.41, 5.74) is 5.79. The molecule has 0 aliphatic carbocycles.